The van der Waals surface area contributed by atoms with Gasteiger partial charge in [-0.2, -0.15) is 0 Å². The number of rotatable bonds is 2. The van der Waals surface area contributed by atoms with E-state index in [1.54, 1.807) is 0 Å². The molecule has 1 heterocycles. The highest BCUT2D eigenvalue weighted by Gasteiger charge is 2.41. The van der Waals surface area contributed by atoms with Crippen molar-refractivity contribution in [2.24, 2.45) is 0 Å². The maximum absolute atomic E-state index is 12.0. The lowest BCUT2D eigenvalue weighted by atomic mass is 9.89. The van der Waals surface area contributed by atoms with E-state index >= 15 is 0 Å². The van der Waals surface area contributed by atoms with Gasteiger partial charge in [-0.05, 0) is 25.7 Å². The summed E-state index contributed by atoms with van der Waals surface area (Å²) in [5.41, 5.74) is 0. The van der Waals surface area contributed by atoms with E-state index in [-0.39, 0.29) is 11.8 Å². The van der Waals surface area contributed by atoms with Crippen LogP contribution >= 0.6 is 0 Å². The number of carbonyl (C=O) groups excluding carboxylic acids is 1. The van der Waals surface area contributed by atoms with Crippen molar-refractivity contribution in [1.29, 1.82) is 0 Å². The molecule has 3 aliphatic rings. The molecule has 0 aromatic carbocycles. The Hall–Kier alpha value is -0.810. The highest BCUT2D eigenvalue weighted by Crippen LogP contribution is 2.37. The summed E-state index contributed by atoms with van der Waals surface area (Å²) in [6.07, 6.45) is 6.00. The molecule has 0 bridgehead atoms. The van der Waals surface area contributed by atoms with Gasteiger partial charge in [0.05, 0.1) is 13.2 Å². The predicted octanol–water partition coefficient (Wildman–Crippen LogP) is 1.48. The molecule has 1 saturated heterocycles. The minimum atomic E-state index is -0.329. The Morgan fingerprint density at radius 2 is 1.78 bits per heavy atom. The van der Waals surface area contributed by atoms with E-state index in [1.165, 1.54) is 0 Å². The Morgan fingerprint density at radius 3 is 2.33 bits per heavy atom. The highest BCUT2D eigenvalue weighted by molar-refractivity contribution is 5.74. The van der Waals surface area contributed by atoms with Gasteiger partial charge in [0.15, 0.2) is 5.79 Å². The largest absolute Gasteiger partial charge is 0.348 e. The fraction of sp³-hybridized carbons (Fsp3) is 0.923. The standard InChI is InChI=1S/C13H22N2O3/c1-15(12(16)14-10-2-3-10)11-4-6-13(7-5-11)17-8-9-18-13/h10-11H,2-9H2,1H3,(H,14,16). The summed E-state index contributed by atoms with van der Waals surface area (Å²) in [5, 5.41) is 3.04. The van der Waals surface area contributed by atoms with Gasteiger partial charge in [0, 0.05) is 32.0 Å². The molecule has 5 nitrogen and oxygen atoms in total. The molecule has 2 saturated carbocycles. The van der Waals surface area contributed by atoms with Crippen molar-refractivity contribution in [1.82, 2.24) is 10.2 Å². The topological polar surface area (TPSA) is 50.8 Å². The second-order valence-corrected chi connectivity index (χ2v) is 5.67. The number of hydrogen-bond donors (Lipinski definition) is 1. The third-order valence-electron chi connectivity index (χ3n) is 4.30. The first kappa shape index (κ1) is 12.2. The Balaban J connectivity index is 1.50. The smallest absolute Gasteiger partial charge is 0.317 e. The van der Waals surface area contributed by atoms with E-state index in [0.717, 1.165) is 38.5 Å². The molecule has 0 aromatic rings. The van der Waals surface area contributed by atoms with Crippen molar-refractivity contribution in [3.05, 3.63) is 0 Å². The fourth-order valence-corrected chi connectivity index (χ4v) is 2.89. The summed E-state index contributed by atoms with van der Waals surface area (Å²) >= 11 is 0. The number of hydrogen-bond acceptors (Lipinski definition) is 3. The van der Waals surface area contributed by atoms with Gasteiger partial charge in [-0.15, -0.1) is 0 Å². The average molecular weight is 254 g/mol. The Bertz CT molecular complexity index is 314. The van der Waals surface area contributed by atoms with Gasteiger partial charge in [0.2, 0.25) is 0 Å². The lowest BCUT2D eigenvalue weighted by Gasteiger charge is -2.39. The Labute approximate surface area is 108 Å². The van der Waals surface area contributed by atoms with Crippen LogP contribution in [-0.4, -0.2) is 49.1 Å². The van der Waals surface area contributed by atoms with Crippen molar-refractivity contribution in [2.75, 3.05) is 20.3 Å². The van der Waals surface area contributed by atoms with E-state index in [9.17, 15) is 4.79 Å². The highest BCUT2D eigenvalue weighted by atomic mass is 16.7. The second-order valence-electron chi connectivity index (χ2n) is 5.67. The van der Waals surface area contributed by atoms with Crippen LogP contribution in [0.25, 0.3) is 0 Å². The molecule has 1 aliphatic heterocycles. The van der Waals surface area contributed by atoms with Crippen LogP contribution in [0.15, 0.2) is 0 Å². The monoisotopic (exact) mass is 254 g/mol. The summed E-state index contributed by atoms with van der Waals surface area (Å²) in [6, 6.07) is 0.824. The molecule has 18 heavy (non-hydrogen) atoms. The molecule has 0 aromatic heterocycles. The molecule has 2 amide bonds. The number of nitrogens with zero attached hydrogens (tertiary/aromatic N) is 1. The molecular weight excluding hydrogens is 232 g/mol. The molecule has 0 radical (unpaired) electrons. The molecule has 3 rings (SSSR count). The number of amides is 2. The van der Waals surface area contributed by atoms with Crippen LogP contribution in [0.2, 0.25) is 0 Å². The number of nitrogens with one attached hydrogen (secondary N) is 1. The summed E-state index contributed by atoms with van der Waals surface area (Å²) in [4.78, 5) is 13.8. The first-order chi connectivity index (χ1) is 8.69. The number of carbonyl (C=O) groups is 1. The molecule has 1 spiro atoms. The summed E-state index contributed by atoms with van der Waals surface area (Å²) < 4.78 is 11.4. The molecule has 3 fully saturated rings. The Morgan fingerprint density at radius 1 is 1.17 bits per heavy atom. The van der Waals surface area contributed by atoms with E-state index in [4.69, 9.17) is 9.47 Å². The van der Waals surface area contributed by atoms with Crippen molar-refractivity contribution in [3.8, 4) is 0 Å². The van der Waals surface area contributed by atoms with E-state index in [0.29, 0.717) is 25.3 Å². The maximum Gasteiger partial charge on any atom is 0.317 e. The molecule has 1 N–H and O–H groups in total. The summed E-state index contributed by atoms with van der Waals surface area (Å²) in [5.74, 6) is -0.329. The van der Waals surface area contributed by atoms with E-state index in [1.807, 2.05) is 11.9 Å². The third-order valence-corrected chi connectivity index (χ3v) is 4.30. The van der Waals surface area contributed by atoms with Gasteiger partial charge in [-0.1, -0.05) is 0 Å². The van der Waals surface area contributed by atoms with Gasteiger partial charge in [-0.3, -0.25) is 0 Å². The lowest BCUT2D eigenvalue weighted by molar-refractivity contribution is -0.182. The number of urea groups is 1. The SMILES string of the molecule is CN(C(=O)NC1CC1)C1CCC2(CC1)OCCO2. The van der Waals surface area contributed by atoms with Gasteiger partial charge in [0.25, 0.3) is 0 Å². The molecule has 102 valence electrons. The van der Waals surface area contributed by atoms with Gasteiger partial charge in [-0.25, -0.2) is 4.79 Å². The van der Waals surface area contributed by atoms with Crippen LogP contribution in [0.4, 0.5) is 4.79 Å². The van der Waals surface area contributed by atoms with Crippen molar-refractivity contribution in [2.45, 2.75) is 56.4 Å². The van der Waals surface area contributed by atoms with Crippen LogP contribution in [0.5, 0.6) is 0 Å². The minimum Gasteiger partial charge on any atom is -0.348 e. The Kier molecular flexibility index (Phi) is 3.20. The van der Waals surface area contributed by atoms with Crippen LogP contribution in [0, 0.1) is 0 Å². The number of ether oxygens (including phenoxy) is 2. The van der Waals surface area contributed by atoms with Gasteiger partial charge in [0.1, 0.15) is 0 Å². The summed E-state index contributed by atoms with van der Waals surface area (Å²) in [6.45, 7) is 1.42. The first-order valence-corrected chi connectivity index (χ1v) is 7.00. The molecule has 5 heteroatoms. The quantitative estimate of drug-likeness (QED) is 0.812. The minimum absolute atomic E-state index is 0.0757. The first-order valence-electron chi connectivity index (χ1n) is 7.00. The fourth-order valence-electron chi connectivity index (χ4n) is 2.89. The zero-order chi connectivity index (χ0) is 12.6. The second kappa shape index (κ2) is 4.70. The molecule has 2 aliphatic carbocycles. The molecule has 0 atom stereocenters. The van der Waals surface area contributed by atoms with E-state index in [2.05, 4.69) is 5.32 Å². The van der Waals surface area contributed by atoms with Crippen molar-refractivity contribution >= 4 is 6.03 Å². The van der Waals surface area contributed by atoms with Crippen molar-refractivity contribution in [3.63, 3.8) is 0 Å². The van der Waals surface area contributed by atoms with Gasteiger partial charge < -0.3 is 19.7 Å². The average Bonchev–Trinajstić information content (AvgIpc) is 3.09. The van der Waals surface area contributed by atoms with Crippen molar-refractivity contribution < 1.29 is 14.3 Å². The molecular formula is C13H22N2O3. The maximum atomic E-state index is 12.0. The van der Waals surface area contributed by atoms with Crippen LogP contribution in [0.3, 0.4) is 0 Å². The predicted molar refractivity (Wildman–Crippen MR) is 66.2 cm³/mol. The normalized spacial score (nSPS) is 27.4. The van der Waals surface area contributed by atoms with Gasteiger partial charge >= 0.3 is 6.03 Å². The van der Waals surface area contributed by atoms with E-state index < -0.39 is 0 Å². The molecule has 0 unspecified atom stereocenters. The third kappa shape index (κ3) is 2.47. The zero-order valence-electron chi connectivity index (χ0n) is 11.0. The lowest BCUT2D eigenvalue weighted by Crippen LogP contribution is -2.48. The van der Waals surface area contributed by atoms with Crippen LogP contribution in [0.1, 0.15) is 38.5 Å². The summed E-state index contributed by atoms with van der Waals surface area (Å²) in [7, 11) is 1.90. The van der Waals surface area contributed by atoms with Crippen LogP contribution < -0.4 is 5.32 Å². The van der Waals surface area contributed by atoms with Crippen LogP contribution in [-0.2, 0) is 9.47 Å². The zero-order valence-corrected chi connectivity index (χ0v) is 11.0.